The monoisotopic (exact) mass is 538 g/mol. The third-order valence-electron chi connectivity index (χ3n) is 6.95. The summed E-state index contributed by atoms with van der Waals surface area (Å²) in [4.78, 5) is 29.2. The van der Waals surface area contributed by atoms with Gasteiger partial charge in [-0.2, -0.15) is 0 Å². The third-order valence-corrected chi connectivity index (χ3v) is 6.95. The topological polar surface area (TPSA) is 58.6 Å². The quantitative estimate of drug-likeness (QED) is 0.222. The van der Waals surface area contributed by atoms with E-state index < -0.39 is 0 Å². The Morgan fingerprint density at radius 1 is 0.825 bits per heavy atom. The molecule has 0 spiro atoms. The SMILES string of the molecule is CCCN(CCc1ccc(OC)cc1)C(=O)c1ccccc1-c1ccccc1C(=O)NC(C)c1ccc(F)cc1. The molecule has 4 rings (SSSR count). The van der Waals surface area contributed by atoms with E-state index in [1.807, 2.05) is 78.6 Å². The van der Waals surface area contributed by atoms with Gasteiger partial charge in [-0.3, -0.25) is 9.59 Å². The van der Waals surface area contributed by atoms with Crippen LogP contribution >= 0.6 is 0 Å². The van der Waals surface area contributed by atoms with E-state index >= 15 is 0 Å². The molecule has 0 radical (unpaired) electrons. The van der Waals surface area contributed by atoms with Crippen LogP contribution in [0.2, 0.25) is 0 Å². The van der Waals surface area contributed by atoms with Crippen LogP contribution in [0.1, 0.15) is 58.2 Å². The first-order valence-electron chi connectivity index (χ1n) is 13.6. The molecule has 6 heteroatoms. The van der Waals surface area contributed by atoms with Crippen molar-refractivity contribution < 1.29 is 18.7 Å². The Balaban J connectivity index is 1.58. The number of rotatable bonds is 11. The van der Waals surface area contributed by atoms with Crippen LogP contribution in [0, 0.1) is 5.82 Å². The van der Waals surface area contributed by atoms with Crippen LogP contribution in [0.15, 0.2) is 97.1 Å². The van der Waals surface area contributed by atoms with Gasteiger partial charge in [-0.1, -0.05) is 67.6 Å². The van der Waals surface area contributed by atoms with E-state index in [1.54, 1.807) is 25.3 Å². The number of methoxy groups -OCH3 is 1. The molecule has 1 atom stereocenters. The number of benzene rings is 4. The molecule has 40 heavy (non-hydrogen) atoms. The predicted molar refractivity (Wildman–Crippen MR) is 157 cm³/mol. The summed E-state index contributed by atoms with van der Waals surface area (Å²) in [5, 5.41) is 3.01. The molecule has 0 aliphatic rings. The standard InChI is InChI=1S/C34H35FN2O3/c1-4-22-37(23-21-25-13-19-28(40-3)20-14-25)34(39)32-12-8-6-10-30(32)29-9-5-7-11-31(29)33(38)36-24(2)26-15-17-27(35)18-16-26/h5-20,24H,4,21-23H2,1-3H3,(H,36,38). The molecule has 0 saturated carbocycles. The second-order valence-corrected chi connectivity index (χ2v) is 9.73. The molecule has 4 aromatic rings. The van der Waals surface area contributed by atoms with Gasteiger partial charge in [0.1, 0.15) is 11.6 Å². The molecule has 0 aliphatic heterocycles. The zero-order valence-corrected chi connectivity index (χ0v) is 23.2. The number of carbonyl (C=O) groups is 2. The summed E-state index contributed by atoms with van der Waals surface area (Å²) in [6.45, 7) is 5.11. The van der Waals surface area contributed by atoms with Crippen molar-refractivity contribution in [1.82, 2.24) is 10.2 Å². The summed E-state index contributed by atoms with van der Waals surface area (Å²) in [6, 6.07) is 28.4. The molecule has 0 bridgehead atoms. The van der Waals surface area contributed by atoms with Crippen LogP contribution in [0.4, 0.5) is 4.39 Å². The van der Waals surface area contributed by atoms with Crippen LogP contribution in [0.3, 0.4) is 0 Å². The number of halogens is 1. The first-order chi connectivity index (χ1) is 19.4. The normalized spacial score (nSPS) is 11.5. The van der Waals surface area contributed by atoms with Gasteiger partial charge in [0, 0.05) is 24.2 Å². The Morgan fingerprint density at radius 3 is 2.05 bits per heavy atom. The maximum Gasteiger partial charge on any atom is 0.254 e. The second kappa shape index (κ2) is 13.6. The molecule has 4 aromatic carbocycles. The molecule has 0 aliphatic carbocycles. The number of nitrogens with one attached hydrogen (secondary N) is 1. The van der Waals surface area contributed by atoms with Crippen molar-refractivity contribution in [2.75, 3.05) is 20.2 Å². The lowest BCUT2D eigenvalue weighted by Gasteiger charge is -2.24. The number of hydrogen-bond acceptors (Lipinski definition) is 3. The minimum atomic E-state index is -0.324. The van der Waals surface area contributed by atoms with E-state index in [9.17, 15) is 14.0 Å². The minimum absolute atomic E-state index is 0.0687. The lowest BCUT2D eigenvalue weighted by atomic mass is 9.94. The second-order valence-electron chi connectivity index (χ2n) is 9.73. The van der Waals surface area contributed by atoms with Crippen molar-refractivity contribution in [3.05, 3.63) is 125 Å². The number of carbonyl (C=O) groups excluding carboxylic acids is 2. The van der Waals surface area contributed by atoms with Crippen LogP contribution in [0.25, 0.3) is 11.1 Å². The van der Waals surface area contributed by atoms with Gasteiger partial charge in [-0.15, -0.1) is 0 Å². The third kappa shape index (κ3) is 6.94. The maximum absolute atomic E-state index is 13.9. The molecule has 1 unspecified atom stereocenters. The fourth-order valence-electron chi connectivity index (χ4n) is 4.74. The van der Waals surface area contributed by atoms with Crippen molar-refractivity contribution in [3.63, 3.8) is 0 Å². The largest absolute Gasteiger partial charge is 0.497 e. The van der Waals surface area contributed by atoms with Gasteiger partial charge in [-0.05, 0) is 78.4 Å². The highest BCUT2D eigenvalue weighted by Crippen LogP contribution is 2.29. The summed E-state index contributed by atoms with van der Waals surface area (Å²) in [5.74, 6) is 0.143. The van der Waals surface area contributed by atoms with E-state index in [4.69, 9.17) is 4.74 Å². The molecule has 2 amide bonds. The Labute approximate surface area is 235 Å². The van der Waals surface area contributed by atoms with Gasteiger partial charge in [0.25, 0.3) is 11.8 Å². The Hall–Kier alpha value is -4.45. The summed E-state index contributed by atoms with van der Waals surface area (Å²) >= 11 is 0. The number of ether oxygens (including phenoxy) is 1. The molecule has 206 valence electrons. The molecule has 0 saturated heterocycles. The molecule has 0 fully saturated rings. The van der Waals surface area contributed by atoms with E-state index in [-0.39, 0.29) is 23.7 Å². The lowest BCUT2D eigenvalue weighted by Crippen LogP contribution is -2.34. The van der Waals surface area contributed by atoms with Crippen LogP contribution in [-0.4, -0.2) is 36.9 Å². The summed E-state index contributed by atoms with van der Waals surface area (Å²) < 4.78 is 18.6. The first-order valence-corrected chi connectivity index (χ1v) is 13.6. The molecular formula is C34H35FN2O3. The van der Waals surface area contributed by atoms with Crippen molar-refractivity contribution in [1.29, 1.82) is 0 Å². The Morgan fingerprint density at radius 2 is 1.43 bits per heavy atom. The molecule has 5 nitrogen and oxygen atoms in total. The van der Waals surface area contributed by atoms with E-state index in [2.05, 4.69) is 12.2 Å². The van der Waals surface area contributed by atoms with Crippen LogP contribution in [-0.2, 0) is 6.42 Å². The average molecular weight is 539 g/mol. The van der Waals surface area contributed by atoms with E-state index in [1.165, 1.54) is 12.1 Å². The zero-order valence-electron chi connectivity index (χ0n) is 23.2. The Kier molecular flexibility index (Phi) is 9.68. The summed E-state index contributed by atoms with van der Waals surface area (Å²) in [5.41, 5.74) is 4.34. The van der Waals surface area contributed by atoms with Gasteiger partial charge < -0.3 is 15.0 Å². The van der Waals surface area contributed by atoms with E-state index in [0.717, 1.165) is 29.7 Å². The first kappa shape index (κ1) is 28.6. The average Bonchev–Trinajstić information content (AvgIpc) is 2.99. The van der Waals surface area contributed by atoms with Gasteiger partial charge in [0.15, 0.2) is 0 Å². The minimum Gasteiger partial charge on any atom is -0.497 e. The lowest BCUT2D eigenvalue weighted by molar-refractivity contribution is 0.0757. The van der Waals surface area contributed by atoms with Crippen LogP contribution < -0.4 is 10.1 Å². The predicted octanol–water partition coefficient (Wildman–Crippen LogP) is 7.09. The number of hydrogen-bond donors (Lipinski definition) is 1. The van der Waals surface area contributed by atoms with E-state index in [0.29, 0.717) is 35.3 Å². The molecule has 0 aromatic heterocycles. The van der Waals surface area contributed by atoms with Crippen molar-refractivity contribution >= 4 is 11.8 Å². The Bertz CT molecular complexity index is 1430. The molecule has 0 heterocycles. The highest BCUT2D eigenvalue weighted by atomic mass is 19.1. The van der Waals surface area contributed by atoms with Gasteiger partial charge >= 0.3 is 0 Å². The smallest absolute Gasteiger partial charge is 0.254 e. The van der Waals surface area contributed by atoms with Crippen molar-refractivity contribution in [3.8, 4) is 16.9 Å². The van der Waals surface area contributed by atoms with Gasteiger partial charge in [0.05, 0.1) is 13.2 Å². The van der Waals surface area contributed by atoms with Gasteiger partial charge in [-0.25, -0.2) is 4.39 Å². The fraction of sp³-hybridized carbons (Fsp3) is 0.235. The summed E-state index contributed by atoms with van der Waals surface area (Å²) in [7, 11) is 1.64. The van der Waals surface area contributed by atoms with Crippen molar-refractivity contribution in [2.24, 2.45) is 0 Å². The van der Waals surface area contributed by atoms with Gasteiger partial charge in [0.2, 0.25) is 0 Å². The highest BCUT2D eigenvalue weighted by molar-refractivity contribution is 6.06. The maximum atomic E-state index is 13.9. The van der Waals surface area contributed by atoms with Crippen molar-refractivity contribution in [2.45, 2.75) is 32.7 Å². The zero-order chi connectivity index (χ0) is 28.5. The fourth-order valence-corrected chi connectivity index (χ4v) is 4.74. The molecule has 1 N–H and O–H groups in total. The number of nitrogens with zero attached hydrogens (tertiary/aromatic N) is 1. The highest BCUT2D eigenvalue weighted by Gasteiger charge is 2.22. The number of amides is 2. The summed E-state index contributed by atoms with van der Waals surface area (Å²) in [6.07, 6.45) is 1.55. The molecular weight excluding hydrogens is 503 g/mol. The van der Waals surface area contributed by atoms with Crippen LogP contribution in [0.5, 0.6) is 5.75 Å².